The van der Waals surface area contributed by atoms with E-state index in [0.29, 0.717) is 24.8 Å². The van der Waals surface area contributed by atoms with Crippen molar-refractivity contribution in [3.63, 3.8) is 0 Å². The van der Waals surface area contributed by atoms with E-state index in [-0.39, 0.29) is 11.7 Å². The smallest absolute Gasteiger partial charge is 0.226 e. The molecule has 1 aromatic heterocycles. The highest BCUT2D eigenvalue weighted by Gasteiger charge is 2.23. The van der Waals surface area contributed by atoms with Crippen LogP contribution in [0.4, 0.5) is 5.69 Å². The third-order valence-corrected chi connectivity index (χ3v) is 5.20. The van der Waals surface area contributed by atoms with Crippen molar-refractivity contribution in [2.24, 2.45) is 0 Å². The summed E-state index contributed by atoms with van der Waals surface area (Å²) < 4.78 is 5.17. The molecule has 0 bridgehead atoms. The van der Waals surface area contributed by atoms with Crippen LogP contribution in [0.1, 0.15) is 41.4 Å². The second-order valence-corrected chi connectivity index (χ2v) is 6.96. The van der Waals surface area contributed by atoms with Crippen LogP contribution in [0.2, 0.25) is 0 Å². The number of carbonyl (C=O) groups excluding carboxylic acids is 2. The molecule has 3 aromatic rings. The van der Waals surface area contributed by atoms with E-state index in [1.54, 1.807) is 6.20 Å². The molecule has 0 saturated heterocycles. The van der Waals surface area contributed by atoms with Gasteiger partial charge in [-0.25, -0.2) is 4.98 Å². The third-order valence-electron chi connectivity index (χ3n) is 5.20. The molecule has 4 rings (SSSR count). The molecule has 0 saturated carbocycles. The highest BCUT2D eigenvalue weighted by molar-refractivity contribution is 5.97. The number of hydrogen-bond acceptors (Lipinski definition) is 4. The van der Waals surface area contributed by atoms with Crippen molar-refractivity contribution in [2.75, 3.05) is 11.4 Å². The highest BCUT2D eigenvalue weighted by atomic mass is 16.3. The van der Waals surface area contributed by atoms with Crippen molar-refractivity contribution in [1.82, 2.24) is 4.98 Å². The molecular formula is C23H22N2O3. The fourth-order valence-corrected chi connectivity index (χ4v) is 3.63. The van der Waals surface area contributed by atoms with Crippen LogP contribution in [0.3, 0.4) is 0 Å². The Balaban J connectivity index is 1.47. The minimum Gasteiger partial charge on any atom is -0.449 e. The Labute approximate surface area is 164 Å². The van der Waals surface area contributed by atoms with Gasteiger partial charge >= 0.3 is 0 Å². The molecule has 0 atom stereocenters. The summed E-state index contributed by atoms with van der Waals surface area (Å²) >= 11 is 0. The molecule has 142 valence electrons. The second-order valence-electron chi connectivity index (χ2n) is 6.96. The van der Waals surface area contributed by atoms with Crippen molar-refractivity contribution < 1.29 is 14.0 Å². The van der Waals surface area contributed by atoms with Crippen LogP contribution in [-0.2, 0) is 17.6 Å². The number of nitrogens with zero attached hydrogens (tertiary/aromatic N) is 2. The van der Waals surface area contributed by atoms with Gasteiger partial charge in [-0.1, -0.05) is 37.3 Å². The van der Waals surface area contributed by atoms with Gasteiger partial charge in [0.15, 0.2) is 12.2 Å². The van der Waals surface area contributed by atoms with E-state index in [4.69, 9.17) is 4.42 Å². The van der Waals surface area contributed by atoms with Crippen molar-refractivity contribution in [3.8, 4) is 11.1 Å². The molecule has 5 nitrogen and oxygen atoms in total. The van der Waals surface area contributed by atoms with E-state index >= 15 is 0 Å². The maximum atomic E-state index is 12.4. The fourth-order valence-electron chi connectivity index (χ4n) is 3.63. The lowest BCUT2D eigenvalue weighted by atomic mass is 9.98. The summed E-state index contributed by atoms with van der Waals surface area (Å²) in [6, 6.07) is 13.9. The SMILES string of the molecule is CCC(=O)N1CCc2cc(-c3ccc(C(=O)CCc4cnco4)cc3)ccc21. The number of aryl methyl sites for hydroxylation is 1. The molecule has 2 aromatic carbocycles. The Kier molecular flexibility index (Phi) is 5.06. The fraction of sp³-hybridized carbons (Fsp3) is 0.261. The van der Waals surface area contributed by atoms with Crippen molar-refractivity contribution in [3.05, 3.63) is 71.9 Å². The largest absolute Gasteiger partial charge is 0.449 e. The summed E-state index contributed by atoms with van der Waals surface area (Å²) in [4.78, 5) is 30.1. The Morgan fingerprint density at radius 2 is 1.89 bits per heavy atom. The second kappa shape index (κ2) is 7.80. The van der Waals surface area contributed by atoms with E-state index in [9.17, 15) is 9.59 Å². The molecule has 0 aliphatic carbocycles. The number of anilines is 1. The van der Waals surface area contributed by atoms with Gasteiger partial charge in [0.1, 0.15) is 5.76 Å². The molecule has 0 radical (unpaired) electrons. The van der Waals surface area contributed by atoms with Gasteiger partial charge in [-0.15, -0.1) is 0 Å². The molecule has 0 fully saturated rings. The number of benzene rings is 2. The quantitative estimate of drug-likeness (QED) is 0.598. The van der Waals surface area contributed by atoms with Crippen LogP contribution in [0.25, 0.3) is 11.1 Å². The molecule has 0 unspecified atom stereocenters. The lowest BCUT2D eigenvalue weighted by molar-refractivity contribution is -0.118. The molecule has 0 N–H and O–H groups in total. The monoisotopic (exact) mass is 374 g/mol. The predicted molar refractivity (Wildman–Crippen MR) is 107 cm³/mol. The van der Waals surface area contributed by atoms with E-state index in [1.165, 1.54) is 12.0 Å². The number of ketones is 1. The van der Waals surface area contributed by atoms with Gasteiger partial charge in [0.25, 0.3) is 0 Å². The van der Waals surface area contributed by atoms with Crippen molar-refractivity contribution >= 4 is 17.4 Å². The van der Waals surface area contributed by atoms with E-state index in [1.807, 2.05) is 48.2 Å². The van der Waals surface area contributed by atoms with Crippen molar-refractivity contribution in [1.29, 1.82) is 0 Å². The Morgan fingerprint density at radius 3 is 2.61 bits per heavy atom. The topological polar surface area (TPSA) is 63.4 Å². The Hall–Kier alpha value is -3.21. The summed E-state index contributed by atoms with van der Waals surface area (Å²) in [5, 5.41) is 0. The number of oxazole rings is 1. The standard InChI is InChI=1S/C23H22N2O3/c1-2-23(27)25-12-11-19-13-18(7-9-21(19)25)16-3-5-17(6-4-16)22(26)10-8-20-14-24-15-28-20/h3-7,9,13-15H,2,8,10-12H2,1H3. The summed E-state index contributed by atoms with van der Waals surface area (Å²) in [5.41, 5.74) is 5.09. The summed E-state index contributed by atoms with van der Waals surface area (Å²) in [7, 11) is 0. The normalized spacial score (nSPS) is 12.8. The molecule has 28 heavy (non-hydrogen) atoms. The molecule has 1 aliphatic heterocycles. The van der Waals surface area contributed by atoms with Gasteiger partial charge in [0, 0.05) is 37.1 Å². The maximum Gasteiger partial charge on any atom is 0.226 e. The average molecular weight is 374 g/mol. The van der Waals surface area contributed by atoms with Gasteiger partial charge in [0.2, 0.25) is 5.91 Å². The predicted octanol–water partition coefficient (Wildman–Crippen LogP) is 4.46. The first-order chi connectivity index (χ1) is 13.7. The van der Waals surface area contributed by atoms with E-state index in [2.05, 4.69) is 11.1 Å². The number of hydrogen-bond donors (Lipinski definition) is 0. The summed E-state index contributed by atoms with van der Waals surface area (Å²) in [6.45, 7) is 2.65. The first-order valence-corrected chi connectivity index (χ1v) is 9.60. The molecule has 1 aliphatic rings. The molecule has 0 spiro atoms. The molecular weight excluding hydrogens is 352 g/mol. The van der Waals surface area contributed by atoms with Crippen LogP contribution in [0.5, 0.6) is 0 Å². The number of aromatic nitrogens is 1. The lowest BCUT2D eigenvalue weighted by Crippen LogP contribution is -2.27. The number of Topliss-reactive ketones (excluding diaryl/α,β-unsaturated/α-hetero) is 1. The third kappa shape index (κ3) is 3.60. The van der Waals surface area contributed by atoms with Crippen molar-refractivity contribution in [2.45, 2.75) is 32.6 Å². The number of rotatable bonds is 6. The Morgan fingerprint density at radius 1 is 1.11 bits per heavy atom. The zero-order valence-corrected chi connectivity index (χ0v) is 15.9. The first-order valence-electron chi connectivity index (χ1n) is 9.60. The minimum absolute atomic E-state index is 0.0885. The lowest BCUT2D eigenvalue weighted by Gasteiger charge is -2.16. The zero-order chi connectivity index (χ0) is 19.5. The van der Waals surface area contributed by atoms with Crippen LogP contribution in [0.15, 0.2) is 59.5 Å². The zero-order valence-electron chi connectivity index (χ0n) is 15.9. The summed E-state index contributed by atoms with van der Waals surface area (Å²) in [6.07, 6.45) is 5.37. The van der Waals surface area contributed by atoms with E-state index in [0.717, 1.165) is 35.5 Å². The van der Waals surface area contributed by atoms with E-state index < -0.39 is 0 Å². The Bertz CT molecular complexity index is 991. The van der Waals surface area contributed by atoms with Gasteiger partial charge in [-0.2, -0.15) is 0 Å². The minimum atomic E-state index is 0.0885. The van der Waals surface area contributed by atoms with Crippen LogP contribution in [-0.4, -0.2) is 23.2 Å². The molecule has 5 heteroatoms. The number of fused-ring (bicyclic) bond motifs is 1. The maximum absolute atomic E-state index is 12.4. The van der Waals surface area contributed by atoms with Gasteiger partial charge < -0.3 is 9.32 Å². The van der Waals surface area contributed by atoms with Crippen LogP contribution in [0, 0.1) is 0 Å². The van der Waals surface area contributed by atoms with Crippen LogP contribution >= 0.6 is 0 Å². The number of amides is 1. The number of carbonyl (C=O) groups is 2. The van der Waals surface area contributed by atoms with Gasteiger partial charge in [-0.05, 0) is 35.2 Å². The highest BCUT2D eigenvalue weighted by Crippen LogP contribution is 2.32. The van der Waals surface area contributed by atoms with Crippen LogP contribution < -0.4 is 4.90 Å². The van der Waals surface area contributed by atoms with Gasteiger partial charge in [0.05, 0.1) is 6.20 Å². The van der Waals surface area contributed by atoms with Gasteiger partial charge in [-0.3, -0.25) is 9.59 Å². The average Bonchev–Trinajstić information content (AvgIpc) is 3.41. The molecule has 1 amide bonds. The molecule has 2 heterocycles. The summed E-state index contributed by atoms with van der Waals surface area (Å²) in [5.74, 6) is 0.976. The first kappa shape index (κ1) is 18.2.